The first-order chi connectivity index (χ1) is 13.9. The van der Waals surface area contributed by atoms with Gasteiger partial charge < -0.3 is 10.6 Å². The van der Waals surface area contributed by atoms with E-state index in [1.807, 2.05) is 6.92 Å². The van der Waals surface area contributed by atoms with Crippen molar-refractivity contribution < 1.29 is 9.59 Å². The summed E-state index contributed by atoms with van der Waals surface area (Å²) in [6, 6.07) is 17.1. The number of aromatic nitrogens is 1. The molecule has 0 bridgehead atoms. The first-order valence-corrected chi connectivity index (χ1v) is 9.46. The zero-order valence-corrected chi connectivity index (χ0v) is 17.0. The van der Waals surface area contributed by atoms with Gasteiger partial charge in [-0.25, -0.2) is 0 Å². The van der Waals surface area contributed by atoms with Crippen LogP contribution in [0.15, 0.2) is 72.4 Å². The lowest BCUT2D eigenvalue weighted by Crippen LogP contribution is -2.25. The zero-order chi connectivity index (χ0) is 20.8. The topological polar surface area (TPSA) is 71.1 Å². The summed E-state index contributed by atoms with van der Waals surface area (Å²) in [5.41, 5.74) is 2.12. The molecule has 0 saturated heterocycles. The van der Waals surface area contributed by atoms with Crippen LogP contribution in [0.3, 0.4) is 0 Å². The fraction of sp³-hybridized carbons (Fsp3) is 0.0455. The van der Waals surface area contributed by atoms with Crippen LogP contribution in [0.2, 0.25) is 10.0 Å². The number of pyridine rings is 1. The molecule has 0 unspecified atom stereocenters. The molecule has 29 heavy (non-hydrogen) atoms. The molecule has 1 heterocycles. The molecule has 0 atom stereocenters. The Hall–Kier alpha value is -3.15. The predicted molar refractivity (Wildman–Crippen MR) is 117 cm³/mol. The van der Waals surface area contributed by atoms with Crippen LogP contribution >= 0.6 is 23.2 Å². The number of anilines is 2. The third-order valence-electron chi connectivity index (χ3n) is 3.98. The monoisotopic (exact) mass is 425 g/mol. The number of hydrogen-bond donors (Lipinski definition) is 2. The Morgan fingerprint density at radius 2 is 1.34 bits per heavy atom. The molecule has 1 aromatic heterocycles. The fourth-order valence-electron chi connectivity index (χ4n) is 2.47. The number of halogens is 2. The van der Waals surface area contributed by atoms with Crippen molar-refractivity contribution in [3.05, 3.63) is 93.7 Å². The first-order valence-electron chi connectivity index (χ1n) is 8.70. The van der Waals surface area contributed by atoms with E-state index in [0.29, 0.717) is 27.0 Å². The summed E-state index contributed by atoms with van der Waals surface area (Å²) < 4.78 is 0. The van der Waals surface area contributed by atoms with Gasteiger partial charge in [0.1, 0.15) is 5.57 Å². The van der Waals surface area contributed by atoms with Crippen LogP contribution in [0.5, 0.6) is 0 Å². The van der Waals surface area contributed by atoms with Crippen molar-refractivity contribution in [2.45, 2.75) is 6.92 Å². The number of amides is 2. The van der Waals surface area contributed by atoms with Crippen molar-refractivity contribution in [3.63, 3.8) is 0 Å². The molecule has 0 saturated carbocycles. The fourth-order valence-corrected chi connectivity index (χ4v) is 2.84. The van der Waals surface area contributed by atoms with E-state index in [9.17, 15) is 9.59 Å². The second kappa shape index (κ2) is 9.37. The number of aryl methyl sites for hydroxylation is 1. The minimum Gasteiger partial charge on any atom is -0.320 e. The number of benzene rings is 2. The SMILES string of the molecule is Cc1ccc(C=C(C(=O)Nc2ccccc2Cl)C(=O)Nc2ccccc2Cl)cn1. The van der Waals surface area contributed by atoms with E-state index in [2.05, 4.69) is 15.6 Å². The normalized spacial score (nSPS) is 10.2. The van der Waals surface area contributed by atoms with Crippen molar-refractivity contribution in [1.82, 2.24) is 4.98 Å². The van der Waals surface area contributed by atoms with E-state index in [1.165, 1.54) is 6.08 Å². The van der Waals surface area contributed by atoms with E-state index in [-0.39, 0.29) is 5.57 Å². The van der Waals surface area contributed by atoms with Gasteiger partial charge in [0.2, 0.25) is 0 Å². The smallest absolute Gasteiger partial charge is 0.261 e. The van der Waals surface area contributed by atoms with Crippen LogP contribution in [-0.2, 0) is 9.59 Å². The summed E-state index contributed by atoms with van der Waals surface area (Å²) in [6.45, 7) is 1.85. The van der Waals surface area contributed by atoms with Crippen LogP contribution in [0.1, 0.15) is 11.3 Å². The van der Waals surface area contributed by atoms with Crippen LogP contribution < -0.4 is 10.6 Å². The van der Waals surface area contributed by atoms with Gasteiger partial charge in [0.05, 0.1) is 21.4 Å². The minimum atomic E-state index is -0.608. The summed E-state index contributed by atoms with van der Waals surface area (Å²) in [4.78, 5) is 30.0. The van der Waals surface area contributed by atoms with Gasteiger partial charge >= 0.3 is 0 Å². The maximum absolute atomic E-state index is 12.9. The summed E-state index contributed by atoms with van der Waals surface area (Å²) in [7, 11) is 0. The molecule has 146 valence electrons. The Bertz CT molecular complexity index is 1020. The molecule has 0 fully saturated rings. The third kappa shape index (κ3) is 5.44. The Morgan fingerprint density at radius 3 is 1.79 bits per heavy atom. The van der Waals surface area contributed by atoms with Gasteiger partial charge in [-0.3, -0.25) is 14.6 Å². The maximum Gasteiger partial charge on any atom is 0.261 e. The largest absolute Gasteiger partial charge is 0.320 e. The molecule has 0 aliphatic rings. The van der Waals surface area contributed by atoms with Crippen molar-refractivity contribution >= 4 is 52.5 Å². The maximum atomic E-state index is 12.9. The molecule has 2 amide bonds. The third-order valence-corrected chi connectivity index (χ3v) is 4.64. The van der Waals surface area contributed by atoms with Gasteiger partial charge in [0.25, 0.3) is 11.8 Å². The quantitative estimate of drug-likeness (QED) is 0.328. The molecule has 7 heteroatoms. The van der Waals surface area contributed by atoms with Gasteiger partial charge in [-0.1, -0.05) is 53.5 Å². The highest BCUT2D eigenvalue weighted by Crippen LogP contribution is 2.24. The lowest BCUT2D eigenvalue weighted by Gasteiger charge is -2.12. The lowest BCUT2D eigenvalue weighted by atomic mass is 10.1. The molecular formula is C22H17Cl2N3O2. The zero-order valence-electron chi connectivity index (χ0n) is 15.4. The van der Waals surface area contributed by atoms with Crippen molar-refractivity contribution in [3.8, 4) is 0 Å². The molecule has 5 nitrogen and oxygen atoms in total. The lowest BCUT2D eigenvalue weighted by molar-refractivity contribution is -0.118. The summed E-state index contributed by atoms with van der Waals surface area (Å²) in [5, 5.41) is 6.07. The number of nitrogens with zero attached hydrogens (tertiary/aromatic N) is 1. The van der Waals surface area contributed by atoms with Crippen LogP contribution in [-0.4, -0.2) is 16.8 Å². The molecule has 0 aliphatic carbocycles. The van der Waals surface area contributed by atoms with Gasteiger partial charge in [-0.05, 0) is 48.9 Å². The molecule has 2 N–H and O–H groups in total. The Balaban J connectivity index is 1.93. The van der Waals surface area contributed by atoms with Crippen molar-refractivity contribution in [2.24, 2.45) is 0 Å². The van der Waals surface area contributed by atoms with E-state index in [4.69, 9.17) is 23.2 Å². The van der Waals surface area contributed by atoms with Crippen LogP contribution in [0.25, 0.3) is 6.08 Å². The number of carbonyl (C=O) groups is 2. The van der Waals surface area contributed by atoms with Crippen LogP contribution in [0, 0.1) is 6.92 Å². The second-order valence-corrected chi connectivity index (χ2v) is 6.97. The average molecular weight is 426 g/mol. The highest BCUT2D eigenvalue weighted by molar-refractivity contribution is 6.36. The summed E-state index contributed by atoms with van der Waals surface area (Å²) in [5.74, 6) is -1.22. The molecule has 3 aromatic rings. The highest BCUT2D eigenvalue weighted by Gasteiger charge is 2.20. The van der Waals surface area contributed by atoms with E-state index >= 15 is 0 Å². The van der Waals surface area contributed by atoms with E-state index in [1.54, 1.807) is 66.9 Å². The number of para-hydroxylation sites is 2. The molecule has 3 rings (SSSR count). The number of rotatable bonds is 5. The second-order valence-electron chi connectivity index (χ2n) is 6.16. The summed E-state index contributed by atoms with van der Waals surface area (Å²) in [6.07, 6.45) is 3.05. The number of hydrogen-bond acceptors (Lipinski definition) is 3. The molecular weight excluding hydrogens is 409 g/mol. The Labute approximate surface area is 178 Å². The van der Waals surface area contributed by atoms with Gasteiger partial charge in [-0.2, -0.15) is 0 Å². The van der Waals surface area contributed by atoms with Crippen molar-refractivity contribution in [2.75, 3.05) is 10.6 Å². The molecule has 0 spiro atoms. The van der Waals surface area contributed by atoms with Crippen molar-refractivity contribution in [1.29, 1.82) is 0 Å². The van der Waals surface area contributed by atoms with Gasteiger partial charge in [0, 0.05) is 11.9 Å². The Kier molecular flexibility index (Phi) is 6.65. The molecule has 0 radical (unpaired) electrons. The first kappa shape index (κ1) is 20.6. The molecule has 0 aliphatic heterocycles. The Morgan fingerprint density at radius 1 is 0.828 bits per heavy atom. The highest BCUT2D eigenvalue weighted by atomic mass is 35.5. The van der Waals surface area contributed by atoms with E-state index < -0.39 is 11.8 Å². The standard InChI is InChI=1S/C22H17Cl2N3O2/c1-14-10-11-15(13-25-14)12-16(21(28)26-19-8-4-2-6-17(19)23)22(29)27-20-9-5-3-7-18(20)24/h2-13H,1H3,(H,26,28)(H,27,29). The van der Waals surface area contributed by atoms with Gasteiger partial charge in [0.15, 0.2) is 0 Å². The predicted octanol–water partition coefficient (Wildman–Crippen LogP) is 5.36. The molecule has 2 aromatic carbocycles. The van der Waals surface area contributed by atoms with Gasteiger partial charge in [-0.15, -0.1) is 0 Å². The average Bonchev–Trinajstić information content (AvgIpc) is 2.71. The minimum absolute atomic E-state index is 0.115. The summed E-state index contributed by atoms with van der Waals surface area (Å²) >= 11 is 12.2. The number of nitrogens with one attached hydrogen (secondary N) is 2. The van der Waals surface area contributed by atoms with E-state index in [0.717, 1.165) is 5.69 Å². The van der Waals surface area contributed by atoms with Crippen LogP contribution in [0.4, 0.5) is 11.4 Å². The number of carbonyl (C=O) groups excluding carboxylic acids is 2.